The molecule has 2 amide bonds. The van der Waals surface area contributed by atoms with Gasteiger partial charge in [0.1, 0.15) is 17.4 Å². The van der Waals surface area contributed by atoms with Crippen LogP contribution in [-0.2, 0) is 16.0 Å². The van der Waals surface area contributed by atoms with E-state index < -0.39 is 6.04 Å². The number of nitriles is 1. The van der Waals surface area contributed by atoms with Gasteiger partial charge < -0.3 is 20.0 Å². The highest BCUT2D eigenvalue weighted by atomic mass is 16.3. The van der Waals surface area contributed by atoms with E-state index in [1.165, 1.54) is 0 Å². The zero-order valence-corrected chi connectivity index (χ0v) is 20.3. The number of rotatable bonds is 7. The van der Waals surface area contributed by atoms with E-state index in [4.69, 9.17) is 4.42 Å². The average molecular weight is 487 g/mol. The molecular formula is C27H30N6O3. The Morgan fingerprint density at radius 1 is 1.19 bits per heavy atom. The standard InChI is InChI=1S/C27H30N6O3/c1-19-15-21-16-22(10-11-24(21)36-19)31-27(30-18-28)32-23-9-5-6-14-33(26(23)35)17-25(34)29-13-12-20-7-3-2-4-8-20/h2-4,7-8,10-11,15-16,23H,5-6,9,12-14,17H2,1H3,(H,29,34)(H2,30,31,32). The van der Waals surface area contributed by atoms with E-state index in [1.54, 1.807) is 4.90 Å². The predicted molar refractivity (Wildman–Crippen MR) is 138 cm³/mol. The summed E-state index contributed by atoms with van der Waals surface area (Å²) >= 11 is 0. The van der Waals surface area contributed by atoms with Crippen molar-refractivity contribution in [1.29, 1.82) is 5.26 Å². The van der Waals surface area contributed by atoms with Crippen molar-refractivity contribution in [2.75, 3.05) is 25.0 Å². The maximum Gasteiger partial charge on any atom is 0.247 e. The minimum atomic E-state index is -0.687. The van der Waals surface area contributed by atoms with Crippen molar-refractivity contribution in [1.82, 2.24) is 15.5 Å². The van der Waals surface area contributed by atoms with E-state index in [0.29, 0.717) is 25.2 Å². The van der Waals surface area contributed by atoms with Crippen molar-refractivity contribution in [3.8, 4) is 6.19 Å². The number of nitrogens with zero attached hydrogens (tertiary/aromatic N) is 3. The first kappa shape index (κ1) is 24.8. The van der Waals surface area contributed by atoms with Gasteiger partial charge in [-0.15, -0.1) is 0 Å². The highest BCUT2D eigenvalue weighted by Gasteiger charge is 2.28. The molecule has 2 aromatic carbocycles. The van der Waals surface area contributed by atoms with Crippen LogP contribution in [0.3, 0.4) is 0 Å². The summed E-state index contributed by atoms with van der Waals surface area (Å²) in [5, 5.41) is 18.7. The molecule has 9 nitrogen and oxygen atoms in total. The monoisotopic (exact) mass is 486 g/mol. The molecule has 1 unspecified atom stereocenters. The second kappa shape index (κ2) is 11.9. The first-order valence-electron chi connectivity index (χ1n) is 12.1. The van der Waals surface area contributed by atoms with Gasteiger partial charge in [0.2, 0.25) is 17.8 Å². The lowest BCUT2D eigenvalue weighted by atomic mass is 10.1. The lowest BCUT2D eigenvalue weighted by molar-refractivity contribution is -0.136. The number of anilines is 1. The minimum absolute atomic E-state index is 0.00933. The smallest absolute Gasteiger partial charge is 0.247 e. The highest BCUT2D eigenvalue weighted by molar-refractivity contribution is 5.98. The van der Waals surface area contributed by atoms with Gasteiger partial charge in [0.25, 0.3) is 0 Å². The van der Waals surface area contributed by atoms with Crippen LogP contribution in [0.1, 0.15) is 30.6 Å². The lowest BCUT2D eigenvalue weighted by Gasteiger charge is -2.22. The Labute approximate surface area is 210 Å². The summed E-state index contributed by atoms with van der Waals surface area (Å²) < 4.78 is 5.61. The molecule has 4 rings (SSSR count). The van der Waals surface area contributed by atoms with Crippen molar-refractivity contribution in [3.05, 3.63) is 65.9 Å². The lowest BCUT2D eigenvalue weighted by Crippen LogP contribution is -2.44. The molecule has 0 saturated carbocycles. The molecule has 1 aromatic heterocycles. The molecule has 3 N–H and O–H groups in total. The van der Waals surface area contributed by atoms with Crippen LogP contribution < -0.4 is 16.0 Å². The summed E-state index contributed by atoms with van der Waals surface area (Å²) in [5.41, 5.74) is 2.62. The van der Waals surface area contributed by atoms with Gasteiger partial charge in [0.05, 0.1) is 6.54 Å². The second-order valence-corrected chi connectivity index (χ2v) is 8.81. The molecule has 2 heterocycles. The van der Waals surface area contributed by atoms with Crippen molar-refractivity contribution < 1.29 is 14.0 Å². The highest BCUT2D eigenvalue weighted by Crippen LogP contribution is 2.23. The van der Waals surface area contributed by atoms with Crippen LogP contribution in [0, 0.1) is 18.4 Å². The van der Waals surface area contributed by atoms with Crippen LogP contribution in [0.2, 0.25) is 0 Å². The fourth-order valence-corrected chi connectivity index (χ4v) is 4.28. The number of carbonyl (C=O) groups is 2. The molecule has 186 valence electrons. The molecule has 1 atom stereocenters. The van der Waals surface area contributed by atoms with Crippen molar-refractivity contribution in [2.45, 2.75) is 38.6 Å². The third-order valence-electron chi connectivity index (χ3n) is 6.03. The van der Waals surface area contributed by atoms with Gasteiger partial charge >= 0.3 is 0 Å². The summed E-state index contributed by atoms with van der Waals surface area (Å²) in [4.78, 5) is 31.8. The number of fused-ring (bicyclic) bond motifs is 1. The molecular weight excluding hydrogens is 456 g/mol. The summed E-state index contributed by atoms with van der Waals surface area (Å²) in [6.07, 6.45) is 4.74. The Bertz CT molecular complexity index is 1280. The molecule has 0 radical (unpaired) electrons. The van der Waals surface area contributed by atoms with Crippen molar-refractivity contribution in [2.24, 2.45) is 4.99 Å². The van der Waals surface area contributed by atoms with E-state index in [1.807, 2.05) is 67.7 Å². The minimum Gasteiger partial charge on any atom is -0.461 e. The van der Waals surface area contributed by atoms with Gasteiger partial charge in [-0.05, 0) is 62.4 Å². The summed E-state index contributed by atoms with van der Waals surface area (Å²) in [6, 6.07) is 16.7. The molecule has 3 aromatic rings. The molecule has 1 fully saturated rings. The Kier molecular flexibility index (Phi) is 8.19. The van der Waals surface area contributed by atoms with E-state index >= 15 is 0 Å². The maximum absolute atomic E-state index is 13.2. The van der Waals surface area contributed by atoms with Crippen molar-refractivity contribution >= 4 is 34.4 Å². The van der Waals surface area contributed by atoms with Gasteiger partial charge in [-0.3, -0.25) is 14.9 Å². The van der Waals surface area contributed by atoms with Gasteiger partial charge in [-0.1, -0.05) is 30.3 Å². The summed E-state index contributed by atoms with van der Waals surface area (Å²) in [5.74, 6) is 0.579. The number of benzene rings is 2. The van der Waals surface area contributed by atoms with Crippen molar-refractivity contribution in [3.63, 3.8) is 0 Å². The largest absolute Gasteiger partial charge is 0.461 e. The maximum atomic E-state index is 13.2. The molecule has 1 aliphatic heterocycles. The Hall–Kier alpha value is -4.32. The Morgan fingerprint density at radius 2 is 2.03 bits per heavy atom. The van der Waals surface area contributed by atoms with E-state index in [2.05, 4.69) is 20.9 Å². The van der Waals surface area contributed by atoms with Crippen LogP contribution in [-0.4, -0.2) is 48.3 Å². The topological polar surface area (TPSA) is 123 Å². The summed E-state index contributed by atoms with van der Waals surface area (Å²) in [7, 11) is 0. The van der Waals surface area contributed by atoms with Crippen LogP contribution in [0.5, 0.6) is 0 Å². The summed E-state index contributed by atoms with van der Waals surface area (Å²) in [6.45, 7) is 2.88. The molecule has 0 spiro atoms. The Balaban J connectivity index is 1.39. The molecule has 0 bridgehead atoms. The molecule has 36 heavy (non-hydrogen) atoms. The van der Waals surface area contributed by atoms with Crippen LogP contribution in [0.15, 0.2) is 64.0 Å². The van der Waals surface area contributed by atoms with Gasteiger partial charge in [0.15, 0.2) is 6.19 Å². The zero-order chi connectivity index (χ0) is 25.3. The second-order valence-electron chi connectivity index (χ2n) is 8.81. The number of aliphatic imine (C=N–C) groups is 1. The average Bonchev–Trinajstić information content (AvgIpc) is 3.16. The first-order chi connectivity index (χ1) is 17.5. The number of amides is 2. The third kappa shape index (κ3) is 6.63. The number of aryl methyl sites for hydroxylation is 1. The molecule has 1 saturated heterocycles. The van der Waals surface area contributed by atoms with Gasteiger partial charge in [0, 0.05) is 24.2 Å². The van der Waals surface area contributed by atoms with E-state index in [9.17, 15) is 14.9 Å². The zero-order valence-electron chi connectivity index (χ0n) is 20.3. The first-order valence-corrected chi connectivity index (χ1v) is 12.1. The normalized spacial score (nSPS) is 16.3. The number of hydrogen-bond donors (Lipinski definition) is 3. The number of furan rings is 1. The number of likely N-dealkylation sites (tertiary alicyclic amines) is 1. The number of guanidine groups is 1. The van der Waals surface area contributed by atoms with E-state index in [0.717, 1.165) is 41.6 Å². The number of nitrogens with one attached hydrogen (secondary N) is 3. The predicted octanol–water partition coefficient (Wildman–Crippen LogP) is 3.32. The fourth-order valence-electron chi connectivity index (χ4n) is 4.28. The van der Waals surface area contributed by atoms with Crippen LogP contribution in [0.4, 0.5) is 5.69 Å². The Morgan fingerprint density at radius 3 is 2.83 bits per heavy atom. The molecule has 9 heteroatoms. The number of carbonyl (C=O) groups excluding carboxylic acids is 2. The van der Waals surface area contributed by atoms with Gasteiger partial charge in [-0.2, -0.15) is 5.26 Å². The quantitative estimate of drug-likeness (QED) is 0.204. The number of hydrogen-bond acceptors (Lipinski definition) is 5. The fraction of sp³-hybridized carbons (Fsp3) is 0.333. The molecule has 1 aliphatic rings. The SMILES string of the molecule is Cc1cc2cc(NC(=NC3CCCCN(CC(=O)NCCc4ccccc4)C3=O)NC#N)ccc2o1. The van der Waals surface area contributed by atoms with Crippen LogP contribution >= 0.6 is 0 Å². The third-order valence-corrected chi connectivity index (χ3v) is 6.03. The van der Waals surface area contributed by atoms with Gasteiger partial charge in [-0.25, -0.2) is 4.99 Å². The van der Waals surface area contributed by atoms with E-state index in [-0.39, 0.29) is 24.3 Å². The van der Waals surface area contributed by atoms with Crippen LogP contribution in [0.25, 0.3) is 11.0 Å². The molecule has 0 aliphatic carbocycles.